The summed E-state index contributed by atoms with van der Waals surface area (Å²) in [5, 5.41) is 2.61. The van der Waals surface area contributed by atoms with E-state index in [0.29, 0.717) is 22.8 Å². The van der Waals surface area contributed by atoms with E-state index in [2.05, 4.69) is 20.3 Å². The molecule has 21 heavy (non-hydrogen) atoms. The summed E-state index contributed by atoms with van der Waals surface area (Å²) >= 11 is 0. The molecule has 0 saturated heterocycles. The first kappa shape index (κ1) is 14.5. The molecule has 8 nitrogen and oxygen atoms in total. The molecule has 0 bridgehead atoms. The predicted molar refractivity (Wildman–Crippen MR) is 76.1 cm³/mol. The van der Waals surface area contributed by atoms with Gasteiger partial charge in [-0.25, -0.2) is 9.97 Å². The van der Waals surface area contributed by atoms with Crippen molar-refractivity contribution in [1.29, 1.82) is 0 Å². The van der Waals surface area contributed by atoms with Crippen molar-refractivity contribution in [2.45, 2.75) is 6.42 Å². The second kappa shape index (κ2) is 6.53. The van der Waals surface area contributed by atoms with E-state index >= 15 is 0 Å². The molecule has 0 radical (unpaired) electrons. The molecule has 2 aromatic heterocycles. The van der Waals surface area contributed by atoms with Crippen LogP contribution in [-0.4, -0.2) is 33.3 Å². The molecule has 0 aliphatic carbocycles. The molecule has 0 atom stereocenters. The molecule has 2 amide bonds. The van der Waals surface area contributed by atoms with Crippen molar-refractivity contribution in [3.8, 4) is 11.5 Å². The van der Waals surface area contributed by atoms with Gasteiger partial charge in [-0.3, -0.25) is 14.6 Å². The Morgan fingerprint density at radius 1 is 1.19 bits per heavy atom. The Labute approximate surface area is 120 Å². The molecule has 0 unspecified atom stereocenters. The first-order chi connectivity index (χ1) is 10.1. The summed E-state index contributed by atoms with van der Waals surface area (Å²) in [6.07, 6.45) is 4.59. The van der Waals surface area contributed by atoms with Crippen LogP contribution >= 0.6 is 0 Å². The minimum atomic E-state index is -0.552. The van der Waals surface area contributed by atoms with Crippen molar-refractivity contribution in [2.24, 2.45) is 11.5 Å². The van der Waals surface area contributed by atoms with Crippen LogP contribution in [0.2, 0.25) is 0 Å². The van der Waals surface area contributed by atoms with E-state index < -0.39 is 5.91 Å². The van der Waals surface area contributed by atoms with Crippen LogP contribution in [0.5, 0.6) is 0 Å². The summed E-state index contributed by atoms with van der Waals surface area (Å²) in [6.45, 7) is 0.272. The van der Waals surface area contributed by atoms with Crippen LogP contribution in [0.25, 0.3) is 11.5 Å². The molecule has 2 heterocycles. The van der Waals surface area contributed by atoms with E-state index in [1.807, 2.05) is 0 Å². The van der Waals surface area contributed by atoms with Crippen molar-refractivity contribution in [3.05, 3.63) is 36.3 Å². The van der Waals surface area contributed by atoms with Gasteiger partial charge in [0.1, 0.15) is 5.69 Å². The van der Waals surface area contributed by atoms with Crippen LogP contribution < -0.4 is 16.8 Å². The van der Waals surface area contributed by atoms with Crippen molar-refractivity contribution < 1.29 is 9.59 Å². The summed E-state index contributed by atoms with van der Waals surface area (Å²) in [7, 11) is 0. The molecule has 0 spiro atoms. The van der Waals surface area contributed by atoms with Gasteiger partial charge in [0.15, 0.2) is 5.82 Å². The van der Waals surface area contributed by atoms with Crippen molar-refractivity contribution in [1.82, 2.24) is 15.0 Å². The summed E-state index contributed by atoms with van der Waals surface area (Å²) in [5.74, 6) is -0.429. The van der Waals surface area contributed by atoms with Gasteiger partial charge in [0, 0.05) is 24.7 Å². The van der Waals surface area contributed by atoms with Gasteiger partial charge in [-0.05, 0) is 12.1 Å². The number of amides is 2. The van der Waals surface area contributed by atoms with Gasteiger partial charge < -0.3 is 16.8 Å². The first-order valence-electron chi connectivity index (χ1n) is 6.18. The van der Waals surface area contributed by atoms with Crippen molar-refractivity contribution >= 4 is 17.5 Å². The minimum absolute atomic E-state index is 0.206. The van der Waals surface area contributed by atoms with Crippen LogP contribution in [0.3, 0.4) is 0 Å². The maximum absolute atomic E-state index is 11.4. The van der Waals surface area contributed by atoms with Crippen LogP contribution in [-0.2, 0) is 4.79 Å². The van der Waals surface area contributed by atoms with Crippen molar-refractivity contribution in [2.75, 3.05) is 11.9 Å². The number of pyridine rings is 1. The zero-order valence-corrected chi connectivity index (χ0v) is 11.1. The van der Waals surface area contributed by atoms with E-state index in [4.69, 9.17) is 11.5 Å². The maximum Gasteiger partial charge on any atom is 0.248 e. The van der Waals surface area contributed by atoms with Gasteiger partial charge in [-0.15, -0.1) is 0 Å². The lowest BCUT2D eigenvalue weighted by molar-refractivity contribution is -0.116. The number of carbonyl (C=O) groups excluding carboxylic acids is 2. The Balaban J connectivity index is 2.17. The van der Waals surface area contributed by atoms with Crippen LogP contribution in [0.4, 0.5) is 5.69 Å². The fourth-order valence-corrected chi connectivity index (χ4v) is 1.59. The molecule has 0 aliphatic heterocycles. The quantitative estimate of drug-likeness (QED) is 0.703. The number of carbonyl (C=O) groups is 2. The molecule has 8 heteroatoms. The van der Waals surface area contributed by atoms with Crippen LogP contribution in [0.1, 0.15) is 16.8 Å². The molecule has 0 aromatic carbocycles. The standard InChI is InChI=1S/C13H14N6O2/c14-3-1-11(20)19-9-6-17-13(18-7-9)10-5-8(12(15)21)2-4-16-10/h2,4-7H,1,3,14H2,(H2,15,21)(H,19,20). The maximum atomic E-state index is 11.4. The molecule has 108 valence electrons. The zero-order chi connectivity index (χ0) is 15.2. The topological polar surface area (TPSA) is 137 Å². The van der Waals surface area contributed by atoms with E-state index in [9.17, 15) is 9.59 Å². The molecule has 5 N–H and O–H groups in total. The van der Waals surface area contributed by atoms with E-state index in [-0.39, 0.29) is 18.9 Å². The second-order valence-electron chi connectivity index (χ2n) is 4.18. The first-order valence-corrected chi connectivity index (χ1v) is 6.18. The van der Waals surface area contributed by atoms with E-state index in [0.717, 1.165) is 0 Å². The van der Waals surface area contributed by atoms with Gasteiger partial charge in [0.2, 0.25) is 11.8 Å². The molecule has 2 aromatic rings. The summed E-state index contributed by atoms with van der Waals surface area (Å²) < 4.78 is 0. The number of nitrogens with zero attached hydrogens (tertiary/aromatic N) is 3. The predicted octanol–water partition coefficient (Wildman–Crippen LogP) is -0.0752. The third kappa shape index (κ3) is 3.80. The number of primary amides is 1. The zero-order valence-electron chi connectivity index (χ0n) is 11.1. The van der Waals surface area contributed by atoms with Crippen molar-refractivity contribution in [3.63, 3.8) is 0 Å². The molecule has 0 fully saturated rings. The Bertz CT molecular complexity index is 656. The summed E-state index contributed by atoms with van der Waals surface area (Å²) in [6, 6.07) is 3.01. The average molecular weight is 286 g/mol. The van der Waals surface area contributed by atoms with Gasteiger partial charge in [0.25, 0.3) is 0 Å². The SMILES string of the molecule is NCCC(=O)Nc1cnc(-c2cc(C(N)=O)ccn2)nc1. The summed E-state index contributed by atoms with van der Waals surface area (Å²) in [5.41, 5.74) is 11.7. The number of anilines is 1. The highest BCUT2D eigenvalue weighted by atomic mass is 16.1. The Morgan fingerprint density at radius 2 is 1.90 bits per heavy atom. The molecule has 0 saturated carbocycles. The van der Waals surface area contributed by atoms with Gasteiger partial charge >= 0.3 is 0 Å². The largest absolute Gasteiger partial charge is 0.366 e. The number of hydrogen-bond donors (Lipinski definition) is 3. The number of nitrogens with one attached hydrogen (secondary N) is 1. The molecule has 2 rings (SSSR count). The number of nitrogens with two attached hydrogens (primary N) is 2. The Morgan fingerprint density at radius 3 is 2.52 bits per heavy atom. The lowest BCUT2D eigenvalue weighted by Gasteiger charge is -2.05. The molecular formula is C13H14N6O2. The number of rotatable bonds is 5. The summed E-state index contributed by atoms with van der Waals surface area (Å²) in [4.78, 5) is 34.8. The van der Waals surface area contributed by atoms with E-state index in [1.54, 1.807) is 0 Å². The molecular weight excluding hydrogens is 272 g/mol. The molecule has 0 aliphatic rings. The monoisotopic (exact) mass is 286 g/mol. The highest BCUT2D eigenvalue weighted by molar-refractivity contribution is 5.93. The lowest BCUT2D eigenvalue weighted by atomic mass is 10.2. The second-order valence-corrected chi connectivity index (χ2v) is 4.18. The van der Waals surface area contributed by atoms with Gasteiger partial charge in [-0.2, -0.15) is 0 Å². The number of hydrogen-bond acceptors (Lipinski definition) is 6. The smallest absolute Gasteiger partial charge is 0.248 e. The fourth-order valence-electron chi connectivity index (χ4n) is 1.59. The van der Waals surface area contributed by atoms with Gasteiger partial charge in [0.05, 0.1) is 18.1 Å². The number of aromatic nitrogens is 3. The Hall–Kier alpha value is -2.87. The lowest BCUT2D eigenvalue weighted by Crippen LogP contribution is -2.16. The third-order valence-corrected chi connectivity index (χ3v) is 2.58. The highest BCUT2D eigenvalue weighted by Gasteiger charge is 2.08. The van der Waals surface area contributed by atoms with Gasteiger partial charge in [-0.1, -0.05) is 0 Å². The van der Waals surface area contributed by atoms with Crippen LogP contribution in [0, 0.1) is 0 Å². The van der Waals surface area contributed by atoms with Crippen LogP contribution in [0.15, 0.2) is 30.7 Å². The minimum Gasteiger partial charge on any atom is -0.366 e. The average Bonchev–Trinajstić information content (AvgIpc) is 2.48. The Kier molecular flexibility index (Phi) is 4.52. The highest BCUT2D eigenvalue weighted by Crippen LogP contribution is 2.14. The normalized spacial score (nSPS) is 10.1. The third-order valence-electron chi connectivity index (χ3n) is 2.58. The fraction of sp³-hybridized carbons (Fsp3) is 0.154. The van der Waals surface area contributed by atoms with E-state index in [1.165, 1.54) is 30.7 Å².